The Labute approximate surface area is 237 Å². The SMILES string of the molecule is NCCCCCCCCCCC(=O)c1ccc(Oc2ccc(C(=O)CCCCCCCCCCN)cc2)cc1. The number of rotatable bonds is 24. The average molecular weight is 537 g/mol. The molecule has 0 heterocycles. The van der Waals surface area contributed by atoms with Crippen LogP contribution in [-0.4, -0.2) is 24.7 Å². The van der Waals surface area contributed by atoms with Crippen LogP contribution in [0.15, 0.2) is 48.5 Å². The van der Waals surface area contributed by atoms with Crippen LogP contribution in [-0.2, 0) is 0 Å². The molecular formula is C34H52N2O3. The van der Waals surface area contributed by atoms with Crippen LogP contribution in [0, 0.1) is 0 Å². The van der Waals surface area contributed by atoms with Gasteiger partial charge >= 0.3 is 0 Å². The Bertz CT molecular complexity index is 834. The van der Waals surface area contributed by atoms with E-state index in [1.54, 1.807) is 0 Å². The van der Waals surface area contributed by atoms with Crippen LogP contribution in [0.5, 0.6) is 11.5 Å². The quantitative estimate of drug-likeness (QED) is 0.103. The summed E-state index contributed by atoms with van der Waals surface area (Å²) in [7, 11) is 0. The topological polar surface area (TPSA) is 95.4 Å². The van der Waals surface area contributed by atoms with Crippen LogP contribution < -0.4 is 16.2 Å². The molecule has 216 valence electrons. The smallest absolute Gasteiger partial charge is 0.162 e. The van der Waals surface area contributed by atoms with E-state index in [4.69, 9.17) is 16.2 Å². The van der Waals surface area contributed by atoms with E-state index in [-0.39, 0.29) is 11.6 Å². The van der Waals surface area contributed by atoms with Crippen molar-refractivity contribution in [1.82, 2.24) is 0 Å². The summed E-state index contributed by atoms with van der Waals surface area (Å²) in [6.07, 6.45) is 20.0. The van der Waals surface area contributed by atoms with Gasteiger partial charge < -0.3 is 16.2 Å². The van der Waals surface area contributed by atoms with Crippen molar-refractivity contribution in [2.24, 2.45) is 11.5 Å². The number of benzene rings is 2. The van der Waals surface area contributed by atoms with Crippen molar-refractivity contribution >= 4 is 11.6 Å². The predicted molar refractivity (Wildman–Crippen MR) is 163 cm³/mol. The lowest BCUT2D eigenvalue weighted by atomic mass is 10.0. The molecule has 0 radical (unpaired) electrons. The number of Topliss-reactive ketones (excluding diaryl/α,β-unsaturated/α-hetero) is 2. The van der Waals surface area contributed by atoms with Crippen molar-refractivity contribution in [1.29, 1.82) is 0 Å². The molecule has 0 aliphatic carbocycles. The van der Waals surface area contributed by atoms with E-state index in [0.29, 0.717) is 24.3 Å². The second-order valence-corrected chi connectivity index (χ2v) is 10.7. The fourth-order valence-electron chi connectivity index (χ4n) is 4.82. The van der Waals surface area contributed by atoms with Crippen LogP contribution in [0.3, 0.4) is 0 Å². The Morgan fingerprint density at radius 1 is 0.436 bits per heavy atom. The lowest BCUT2D eigenvalue weighted by Gasteiger charge is -2.08. The molecule has 0 aliphatic heterocycles. The van der Waals surface area contributed by atoms with Crippen molar-refractivity contribution in [2.75, 3.05) is 13.1 Å². The van der Waals surface area contributed by atoms with E-state index in [0.717, 1.165) is 62.7 Å². The summed E-state index contributed by atoms with van der Waals surface area (Å²) in [5, 5.41) is 0. The molecule has 4 N–H and O–H groups in total. The maximum atomic E-state index is 12.5. The van der Waals surface area contributed by atoms with Gasteiger partial charge in [0.2, 0.25) is 0 Å². The molecule has 5 heteroatoms. The monoisotopic (exact) mass is 536 g/mol. The second kappa shape index (κ2) is 21.3. The Hall–Kier alpha value is -2.50. The number of carbonyl (C=O) groups is 2. The highest BCUT2D eigenvalue weighted by Crippen LogP contribution is 2.23. The van der Waals surface area contributed by atoms with Gasteiger partial charge in [0.25, 0.3) is 0 Å². The number of carbonyl (C=O) groups excluding carboxylic acids is 2. The molecule has 5 nitrogen and oxygen atoms in total. The van der Waals surface area contributed by atoms with Gasteiger partial charge in [0.1, 0.15) is 11.5 Å². The molecule has 0 atom stereocenters. The normalized spacial score (nSPS) is 11.0. The molecule has 0 aliphatic rings. The van der Waals surface area contributed by atoms with Crippen molar-refractivity contribution in [2.45, 2.75) is 116 Å². The largest absolute Gasteiger partial charge is 0.457 e. The van der Waals surface area contributed by atoms with E-state index >= 15 is 0 Å². The molecule has 2 aromatic carbocycles. The summed E-state index contributed by atoms with van der Waals surface area (Å²) in [5.74, 6) is 1.75. The summed E-state index contributed by atoms with van der Waals surface area (Å²) in [6, 6.07) is 14.7. The number of hydrogen-bond donors (Lipinski definition) is 2. The highest BCUT2D eigenvalue weighted by Gasteiger charge is 2.08. The highest BCUT2D eigenvalue weighted by molar-refractivity contribution is 5.96. The standard InChI is InChI=1S/C34H52N2O3/c35-27-15-11-7-3-1-5-9-13-17-33(37)29-19-23-31(24-20-29)39-32-25-21-30(22-26-32)34(38)18-14-10-6-2-4-8-12-16-28-36/h19-26H,1-18,27-28,35-36H2. The van der Waals surface area contributed by atoms with E-state index in [2.05, 4.69) is 0 Å². The summed E-state index contributed by atoms with van der Waals surface area (Å²) in [6.45, 7) is 1.59. The van der Waals surface area contributed by atoms with Crippen molar-refractivity contribution in [3.8, 4) is 11.5 Å². The van der Waals surface area contributed by atoms with E-state index in [1.165, 1.54) is 64.2 Å². The van der Waals surface area contributed by atoms with Crippen LogP contribution in [0.1, 0.15) is 136 Å². The first-order valence-electron chi connectivity index (χ1n) is 15.5. The van der Waals surface area contributed by atoms with Gasteiger partial charge in [0.15, 0.2) is 11.6 Å². The molecule has 2 rings (SSSR count). The number of unbranched alkanes of at least 4 members (excludes halogenated alkanes) is 14. The number of ketones is 2. The Balaban J connectivity index is 1.61. The maximum absolute atomic E-state index is 12.5. The summed E-state index contributed by atoms with van der Waals surface area (Å²) < 4.78 is 5.93. The van der Waals surface area contributed by atoms with Gasteiger partial charge in [-0.1, -0.05) is 77.0 Å². The van der Waals surface area contributed by atoms with Gasteiger partial charge in [-0.15, -0.1) is 0 Å². The maximum Gasteiger partial charge on any atom is 0.162 e. The van der Waals surface area contributed by atoms with Crippen LogP contribution in [0.25, 0.3) is 0 Å². The van der Waals surface area contributed by atoms with Crippen molar-refractivity contribution in [3.05, 3.63) is 59.7 Å². The summed E-state index contributed by atoms with van der Waals surface area (Å²) in [4.78, 5) is 25.0. The lowest BCUT2D eigenvalue weighted by Crippen LogP contribution is -1.99. The predicted octanol–water partition coefficient (Wildman–Crippen LogP) is 8.78. The van der Waals surface area contributed by atoms with E-state index in [1.807, 2.05) is 48.5 Å². The van der Waals surface area contributed by atoms with Gasteiger partial charge in [-0.2, -0.15) is 0 Å². The highest BCUT2D eigenvalue weighted by atomic mass is 16.5. The molecule has 39 heavy (non-hydrogen) atoms. The van der Waals surface area contributed by atoms with Crippen LogP contribution >= 0.6 is 0 Å². The third kappa shape index (κ3) is 15.0. The van der Waals surface area contributed by atoms with E-state index < -0.39 is 0 Å². The van der Waals surface area contributed by atoms with Gasteiger partial charge in [0, 0.05) is 24.0 Å². The number of nitrogens with two attached hydrogens (primary N) is 2. The Morgan fingerprint density at radius 3 is 1.03 bits per heavy atom. The molecule has 0 amide bonds. The fraction of sp³-hybridized carbons (Fsp3) is 0.588. The zero-order chi connectivity index (χ0) is 28.0. The van der Waals surface area contributed by atoms with Crippen molar-refractivity contribution < 1.29 is 14.3 Å². The minimum Gasteiger partial charge on any atom is -0.457 e. The lowest BCUT2D eigenvalue weighted by molar-refractivity contribution is 0.0971. The summed E-state index contributed by atoms with van der Waals surface area (Å²) >= 11 is 0. The molecule has 0 bridgehead atoms. The Kier molecular flexibility index (Phi) is 17.9. The first kappa shape index (κ1) is 32.7. The molecule has 2 aromatic rings. The molecule has 0 spiro atoms. The number of ether oxygens (including phenoxy) is 1. The van der Waals surface area contributed by atoms with Gasteiger partial charge in [-0.25, -0.2) is 0 Å². The average Bonchev–Trinajstić information content (AvgIpc) is 2.96. The molecule has 0 aromatic heterocycles. The van der Waals surface area contributed by atoms with Gasteiger partial charge in [0.05, 0.1) is 0 Å². The second-order valence-electron chi connectivity index (χ2n) is 10.7. The molecule has 0 saturated carbocycles. The number of hydrogen-bond acceptors (Lipinski definition) is 5. The molecular weight excluding hydrogens is 484 g/mol. The zero-order valence-corrected chi connectivity index (χ0v) is 24.1. The van der Waals surface area contributed by atoms with E-state index in [9.17, 15) is 9.59 Å². The van der Waals surface area contributed by atoms with Crippen LogP contribution in [0.4, 0.5) is 0 Å². The molecule has 0 unspecified atom stereocenters. The Morgan fingerprint density at radius 2 is 0.718 bits per heavy atom. The first-order valence-corrected chi connectivity index (χ1v) is 15.5. The first-order chi connectivity index (χ1) is 19.1. The minimum absolute atomic E-state index is 0.190. The third-order valence-corrected chi connectivity index (χ3v) is 7.30. The minimum atomic E-state index is 0.190. The summed E-state index contributed by atoms with van der Waals surface area (Å²) in [5.41, 5.74) is 12.5. The van der Waals surface area contributed by atoms with Crippen LogP contribution in [0.2, 0.25) is 0 Å². The molecule has 0 saturated heterocycles. The molecule has 0 fully saturated rings. The third-order valence-electron chi connectivity index (χ3n) is 7.30. The van der Waals surface area contributed by atoms with Gasteiger partial charge in [-0.05, 0) is 87.3 Å². The van der Waals surface area contributed by atoms with Crippen molar-refractivity contribution in [3.63, 3.8) is 0 Å². The zero-order valence-electron chi connectivity index (χ0n) is 24.1. The fourth-order valence-corrected chi connectivity index (χ4v) is 4.82. The van der Waals surface area contributed by atoms with Gasteiger partial charge in [-0.3, -0.25) is 9.59 Å².